The molecule has 2 atom stereocenters. The fraction of sp³-hybridized carbons (Fsp3) is 1.00. The van der Waals surface area contributed by atoms with E-state index in [1.54, 1.807) is 0 Å². The summed E-state index contributed by atoms with van der Waals surface area (Å²) in [5.74, 6) is 0.953. The van der Waals surface area contributed by atoms with Gasteiger partial charge in [-0.15, -0.1) is 0 Å². The summed E-state index contributed by atoms with van der Waals surface area (Å²) in [5.41, 5.74) is 0.402. The second-order valence-electron chi connectivity index (χ2n) is 5.52. The van der Waals surface area contributed by atoms with Crippen LogP contribution in [0.2, 0.25) is 0 Å². The summed E-state index contributed by atoms with van der Waals surface area (Å²) >= 11 is 0. The van der Waals surface area contributed by atoms with Gasteiger partial charge in [0.1, 0.15) is 0 Å². The molecule has 2 rings (SSSR count). The molecule has 1 aliphatic heterocycles. The second-order valence-corrected chi connectivity index (χ2v) is 5.52. The van der Waals surface area contributed by atoms with Crippen molar-refractivity contribution in [2.75, 3.05) is 19.6 Å². The lowest BCUT2D eigenvalue weighted by Gasteiger charge is -2.35. The van der Waals surface area contributed by atoms with Gasteiger partial charge in [-0.2, -0.15) is 0 Å². The van der Waals surface area contributed by atoms with Gasteiger partial charge in [0.25, 0.3) is 0 Å². The van der Waals surface area contributed by atoms with Gasteiger partial charge in [0.15, 0.2) is 0 Å². The maximum absolute atomic E-state index is 3.78. The van der Waals surface area contributed by atoms with E-state index in [0.29, 0.717) is 5.54 Å². The molecule has 0 bridgehead atoms. The molecule has 0 amide bonds. The Bertz CT molecular complexity index is 211. The van der Waals surface area contributed by atoms with Crippen molar-refractivity contribution in [2.24, 2.45) is 5.92 Å². The van der Waals surface area contributed by atoms with Crippen molar-refractivity contribution in [3.63, 3.8) is 0 Å². The zero-order chi connectivity index (χ0) is 10.9. The molecule has 0 radical (unpaired) electrons. The average molecular weight is 210 g/mol. The maximum Gasteiger partial charge on any atom is 0.0303 e. The Morgan fingerprint density at radius 1 is 1.33 bits per heavy atom. The third kappa shape index (κ3) is 2.36. The fourth-order valence-electron chi connectivity index (χ4n) is 2.98. The van der Waals surface area contributed by atoms with Gasteiger partial charge >= 0.3 is 0 Å². The van der Waals surface area contributed by atoms with Crippen molar-refractivity contribution in [2.45, 2.75) is 58.0 Å². The van der Waals surface area contributed by atoms with Crippen LogP contribution >= 0.6 is 0 Å². The van der Waals surface area contributed by atoms with Crippen LogP contribution in [0.15, 0.2) is 0 Å². The number of hydrogen-bond donors (Lipinski definition) is 1. The van der Waals surface area contributed by atoms with Gasteiger partial charge in [-0.05, 0) is 44.7 Å². The van der Waals surface area contributed by atoms with E-state index in [2.05, 4.69) is 31.0 Å². The molecule has 2 aliphatic rings. The predicted octanol–water partition coefficient (Wildman–Crippen LogP) is 2.25. The van der Waals surface area contributed by atoms with E-state index in [-0.39, 0.29) is 0 Å². The van der Waals surface area contributed by atoms with Crippen LogP contribution in [0.25, 0.3) is 0 Å². The summed E-state index contributed by atoms with van der Waals surface area (Å²) in [5, 5.41) is 3.78. The van der Waals surface area contributed by atoms with Crippen LogP contribution < -0.4 is 5.32 Å². The summed E-state index contributed by atoms with van der Waals surface area (Å²) in [6.45, 7) is 10.8. The number of hydrogen-bond acceptors (Lipinski definition) is 2. The molecule has 0 aromatic heterocycles. The van der Waals surface area contributed by atoms with Crippen LogP contribution in [0.1, 0.15) is 46.5 Å². The van der Waals surface area contributed by atoms with Crippen LogP contribution in [0.4, 0.5) is 0 Å². The average Bonchev–Trinajstić information content (AvgIpc) is 3.00. The van der Waals surface area contributed by atoms with Gasteiger partial charge in [0, 0.05) is 18.1 Å². The summed E-state index contributed by atoms with van der Waals surface area (Å²) in [6.07, 6.45) is 5.29. The highest BCUT2D eigenvalue weighted by atomic mass is 15.2. The van der Waals surface area contributed by atoms with Crippen LogP contribution in [0.3, 0.4) is 0 Å². The molecule has 1 N–H and O–H groups in total. The van der Waals surface area contributed by atoms with Crippen molar-refractivity contribution in [1.29, 1.82) is 0 Å². The summed E-state index contributed by atoms with van der Waals surface area (Å²) in [6, 6.07) is 0.905. The van der Waals surface area contributed by atoms with E-state index in [4.69, 9.17) is 0 Å². The lowest BCUT2D eigenvalue weighted by Crippen LogP contribution is -2.51. The Morgan fingerprint density at radius 3 is 2.53 bits per heavy atom. The Labute approximate surface area is 94.4 Å². The highest BCUT2D eigenvalue weighted by Gasteiger charge is 2.41. The van der Waals surface area contributed by atoms with Crippen LogP contribution in [-0.4, -0.2) is 36.1 Å². The van der Waals surface area contributed by atoms with Gasteiger partial charge in [-0.1, -0.05) is 20.8 Å². The molecule has 1 saturated heterocycles. The van der Waals surface area contributed by atoms with E-state index >= 15 is 0 Å². The molecule has 1 saturated carbocycles. The highest BCUT2D eigenvalue weighted by molar-refractivity contribution is 4.99. The van der Waals surface area contributed by atoms with Crippen LogP contribution in [0, 0.1) is 5.92 Å². The molecule has 88 valence electrons. The zero-order valence-corrected chi connectivity index (χ0v) is 10.6. The third-order valence-electron chi connectivity index (χ3n) is 4.52. The molecule has 2 nitrogen and oxygen atoms in total. The molecule has 15 heavy (non-hydrogen) atoms. The Hall–Kier alpha value is -0.0800. The number of nitrogens with zero attached hydrogens (tertiary/aromatic N) is 1. The Morgan fingerprint density at radius 2 is 2.00 bits per heavy atom. The van der Waals surface area contributed by atoms with Crippen molar-refractivity contribution in [3.05, 3.63) is 0 Å². The highest BCUT2D eigenvalue weighted by Crippen LogP contribution is 2.37. The lowest BCUT2D eigenvalue weighted by atomic mass is 9.92. The molecule has 2 unspecified atom stereocenters. The normalized spacial score (nSPS) is 36.2. The molecular weight excluding hydrogens is 184 g/mol. The molecule has 0 aromatic carbocycles. The molecule has 2 heteroatoms. The van der Waals surface area contributed by atoms with Crippen molar-refractivity contribution >= 4 is 0 Å². The molecular formula is C13H26N2. The maximum atomic E-state index is 3.78. The van der Waals surface area contributed by atoms with Gasteiger partial charge in [0.2, 0.25) is 0 Å². The second kappa shape index (κ2) is 4.42. The van der Waals surface area contributed by atoms with Crippen molar-refractivity contribution in [3.8, 4) is 0 Å². The topological polar surface area (TPSA) is 15.3 Å². The first kappa shape index (κ1) is 11.4. The first-order valence-electron chi connectivity index (χ1n) is 6.70. The van der Waals surface area contributed by atoms with Crippen LogP contribution in [0.5, 0.6) is 0 Å². The van der Waals surface area contributed by atoms with Crippen LogP contribution in [-0.2, 0) is 0 Å². The number of nitrogens with one attached hydrogen (secondary N) is 1. The SMILES string of the molecule is CCC1(CC)CN(C2CC2C)CCCN1. The first-order chi connectivity index (χ1) is 7.21. The van der Waals surface area contributed by atoms with E-state index in [1.807, 2.05) is 0 Å². The molecule has 1 aliphatic carbocycles. The monoisotopic (exact) mass is 210 g/mol. The standard InChI is InChI=1S/C13H26N2/c1-4-13(5-2)10-15(8-6-7-14-13)12-9-11(12)3/h11-12,14H,4-10H2,1-3H3. The molecule has 0 spiro atoms. The van der Waals surface area contributed by atoms with Gasteiger partial charge in [-0.3, -0.25) is 4.90 Å². The fourth-order valence-corrected chi connectivity index (χ4v) is 2.98. The smallest absolute Gasteiger partial charge is 0.0303 e. The summed E-state index contributed by atoms with van der Waals surface area (Å²) in [7, 11) is 0. The van der Waals surface area contributed by atoms with E-state index in [9.17, 15) is 0 Å². The summed E-state index contributed by atoms with van der Waals surface area (Å²) in [4.78, 5) is 2.75. The molecule has 0 aromatic rings. The van der Waals surface area contributed by atoms with Gasteiger partial charge < -0.3 is 5.32 Å². The zero-order valence-electron chi connectivity index (χ0n) is 10.6. The van der Waals surface area contributed by atoms with E-state index < -0.39 is 0 Å². The van der Waals surface area contributed by atoms with Crippen molar-refractivity contribution in [1.82, 2.24) is 10.2 Å². The van der Waals surface area contributed by atoms with E-state index in [0.717, 1.165) is 12.0 Å². The Balaban J connectivity index is 2.01. The minimum Gasteiger partial charge on any atom is -0.310 e. The van der Waals surface area contributed by atoms with Crippen molar-refractivity contribution < 1.29 is 0 Å². The van der Waals surface area contributed by atoms with E-state index in [1.165, 1.54) is 45.3 Å². The third-order valence-corrected chi connectivity index (χ3v) is 4.52. The molecule has 1 heterocycles. The number of rotatable bonds is 3. The van der Waals surface area contributed by atoms with Gasteiger partial charge in [-0.25, -0.2) is 0 Å². The quantitative estimate of drug-likeness (QED) is 0.768. The molecule has 2 fully saturated rings. The minimum atomic E-state index is 0.402. The summed E-state index contributed by atoms with van der Waals surface area (Å²) < 4.78 is 0. The Kier molecular flexibility index (Phi) is 3.36. The van der Waals surface area contributed by atoms with Gasteiger partial charge in [0.05, 0.1) is 0 Å². The first-order valence-corrected chi connectivity index (χ1v) is 6.70. The lowest BCUT2D eigenvalue weighted by molar-refractivity contribution is 0.185. The predicted molar refractivity (Wildman–Crippen MR) is 65.1 cm³/mol. The largest absolute Gasteiger partial charge is 0.310 e. The minimum absolute atomic E-state index is 0.402.